The van der Waals surface area contributed by atoms with Crippen LogP contribution in [-0.4, -0.2) is 10.2 Å². The molecule has 1 heterocycles. The molecular formula is C15H13F3N2O. The zero-order valence-corrected chi connectivity index (χ0v) is 11.1. The molecule has 0 spiro atoms. The van der Waals surface area contributed by atoms with Crippen LogP contribution in [0.25, 0.3) is 11.1 Å². The van der Waals surface area contributed by atoms with E-state index in [0.717, 1.165) is 42.7 Å². The predicted octanol–water partition coefficient (Wildman–Crippen LogP) is 3.33. The number of halogens is 3. The van der Waals surface area contributed by atoms with E-state index in [0.29, 0.717) is 17.5 Å². The number of nitrogens with zero attached hydrogens (tertiary/aromatic N) is 1. The number of nitrogens with one attached hydrogen (secondary N) is 1. The van der Waals surface area contributed by atoms with Gasteiger partial charge in [-0.15, -0.1) is 0 Å². The van der Waals surface area contributed by atoms with Crippen LogP contribution < -0.4 is 5.56 Å². The topological polar surface area (TPSA) is 45.8 Å². The maximum absolute atomic E-state index is 12.8. The maximum Gasteiger partial charge on any atom is 0.416 e. The van der Waals surface area contributed by atoms with Gasteiger partial charge in [0.15, 0.2) is 0 Å². The molecule has 0 saturated heterocycles. The Morgan fingerprint density at radius 2 is 1.90 bits per heavy atom. The van der Waals surface area contributed by atoms with E-state index < -0.39 is 17.3 Å². The lowest BCUT2D eigenvalue weighted by Crippen LogP contribution is -2.20. The molecule has 0 fully saturated rings. The SMILES string of the molecule is O=c1[nH]nc2c(c1-c1cccc(C(F)(F)F)c1)CCCC2. The first kappa shape index (κ1) is 13.9. The molecule has 1 N–H and O–H groups in total. The fourth-order valence-corrected chi connectivity index (χ4v) is 2.75. The molecule has 2 aromatic rings. The highest BCUT2D eigenvalue weighted by molar-refractivity contribution is 5.68. The molecule has 0 radical (unpaired) electrons. The number of aromatic amines is 1. The normalized spacial score (nSPS) is 14.8. The largest absolute Gasteiger partial charge is 0.416 e. The standard InChI is InChI=1S/C15H13F3N2O/c16-15(17,18)10-5-3-4-9(8-10)13-11-6-1-2-7-12(11)19-20-14(13)21/h3-5,8H,1-2,6-7H2,(H,20,21). The van der Waals surface area contributed by atoms with Gasteiger partial charge in [-0.1, -0.05) is 12.1 Å². The Morgan fingerprint density at radius 3 is 2.67 bits per heavy atom. The van der Waals surface area contributed by atoms with Crippen LogP contribution in [0.3, 0.4) is 0 Å². The van der Waals surface area contributed by atoms with E-state index in [1.807, 2.05) is 0 Å². The van der Waals surface area contributed by atoms with E-state index in [9.17, 15) is 18.0 Å². The van der Waals surface area contributed by atoms with Crippen LogP contribution in [0.1, 0.15) is 29.7 Å². The van der Waals surface area contributed by atoms with E-state index in [4.69, 9.17) is 0 Å². The van der Waals surface area contributed by atoms with Crippen LogP contribution in [0.5, 0.6) is 0 Å². The van der Waals surface area contributed by atoms with Crippen molar-refractivity contribution in [3.05, 3.63) is 51.4 Å². The number of aromatic nitrogens is 2. The molecule has 1 aliphatic rings. The average Bonchev–Trinajstić information content (AvgIpc) is 2.46. The van der Waals surface area contributed by atoms with Gasteiger partial charge in [0, 0.05) is 0 Å². The number of alkyl halides is 3. The minimum Gasteiger partial charge on any atom is -0.267 e. The monoisotopic (exact) mass is 294 g/mol. The Bertz CT molecular complexity index is 734. The summed E-state index contributed by atoms with van der Waals surface area (Å²) in [5.74, 6) is 0. The quantitative estimate of drug-likeness (QED) is 0.877. The van der Waals surface area contributed by atoms with Gasteiger partial charge in [-0.05, 0) is 48.9 Å². The summed E-state index contributed by atoms with van der Waals surface area (Å²) < 4.78 is 38.5. The van der Waals surface area contributed by atoms with Crippen LogP contribution in [0, 0.1) is 0 Å². The summed E-state index contributed by atoms with van der Waals surface area (Å²) >= 11 is 0. The van der Waals surface area contributed by atoms with Crippen LogP contribution in [0.2, 0.25) is 0 Å². The van der Waals surface area contributed by atoms with Gasteiger partial charge in [-0.3, -0.25) is 4.79 Å². The van der Waals surface area contributed by atoms with Gasteiger partial charge in [0.1, 0.15) is 0 Å². The van der Waals surface area contributed by atoms with Gasteiger partial charge < -0.3 is 0 Å². The fraction of sp³-hybridized carbons (Fsp3) is 0.333. The molecule has 0 aliphatic heterocycles. The number of fused-ring (bicyclic) bond motifs is 1. The first-order valence-electron chi connectivity index (χ1n) is 6.75. The predicted molar refractivity (Wildman–Crippen MR) is 71.9 cm³/mol. The smallest absolute Gasteiger partial charge is 0.267 e. The zero-order valence-electron chi connectivity index (χ0n) is 11.1. The molecular weight excluding hydrogens is 281 g/mol. The van der Waals surface area contributed by atoms with Crippen LogP contribution in [-0.2, 0) is 19.0 Å². The lowest BCUT2D eigenvalue weighted by Gasteiger charge is -2.18. The van der Waals surface area contributed by atoms with Gasteiger partial charge in [-0.2, -0.15) is 18.3 Å². The second-order valence-corrected chi connectivity index (χ2v) is 5.14. The Kier molecular flexibility index (Phi) is 3.31. The Balaban J connectivity index is 2.19. The first-order valence-corrected chi connectivity index (χ1v) is 6.75. The molecule has 0 saturated carbocycles. The van der Waals surface area contributed by atoms with E-state index >= 15 is 0 Å². The third-order valence-corrected chi connectivity index (χ3v) is 3.74. The van der Waals surface area contributed by atoms with Crippen molar-refractivity contribution < 1.29 is 13.2 Å². The number of rotatable bonds is 1. The second kappa shape index (κ2) is 5.02. The summed E-state index contributed by atoms with van der Waals surface area (Å²) in [6.07, 6.45) is -1.09. The summed E-state index contributed by atoms with van der Waals surface area (Å²) in [6.45, 7) is 0. The maximum atomic E-state index is 12.8. The molecule has 6 heteroatoms. The number of hydrogen-bond acceptors (Lipinski definition) is 2. The Hall–Kier alpha value is -2.11. The van der Waals surface area contributed by atoms with Gasteiger partial charge >= 0.3 is 6.18 Å². The van der Waals surface area contributed by atoms with Gasteiger partial charge in [0.2, 0.25) is 0 Å². The average molecular weight is 294 g/mol. The van der Waals surface area contributed by atoms with Crippen molar-refractivity contribution in [1.29, 1.82) is 0 Å². The van der Waals surface area contributed by atoms with Crippen molar-refractivity contribution in [2.75, 3.05) is 0 Å². The number of hydrogen-bond donors (Lipinski definition) is 1. The summed E-state index contributed by atoms with van der Waals surface area (Å²) in [7, 11) is 0. The summed E-state index contributed by atoms with van der Waals surface area (Å²) in [6, 6.07) is 4.90. The molecule has 0 unspecified atom stereocenters. The highest BCUT2D eigenvalue weighted by atomic mass is 19.4. The minimum atomic E-state index is -4.42. The third-order valence-electron chi connectivity index (χ3n) is 3.74. The molecule has 0 bridgehead atoms. The minimum absolute atomic E-state index is 0.298. The van der Waals surface area contributed by atoms with Crippen molar-refractivity contribution in [3.8, 4) is 11.1 Å². The third kappa shape index (κ3) is 2.57. The molecule has 1 aromatic heterocycles. The van der Waals surface area contributed by atoms with Crippen LogP contribution >= 0.6 is 0 Å². The van der Waals surface area contributed by atoms with Crippen LogP contribution in [0.15, 0.2) is 29.1 Å². The highest BCUT2D eigenvalue weighted by Gasteiger charge is 2.31. The van der Waals surface area contributed by atoms with E-state index in [-0.39, 0.29) is 0 Å². The van der Waals surface area contributed by atoms with Crippen LogP contribution in [0.4, 0.5) is 13.2 Å². The molecule has 21 heavy (non-hydrogen) atoms. The van der Waals surface area contributed by atoms with Gasteiger partial charge in [0.05, 0.1) is 16.8 Å². The fourth-order valence-electron chi connectivity index (χ4n) is 2.75. The molecule has 0 atom stereocenters. The summed E-state index contributed by atoms with van der Waals surface area (Å²) in [5, 5.41) is 6.41. The van der Waals surface area contributed by atoms with Crippen molar-refractivity contribution >= 4 is 0 Å². The Morgan fingerprint density at radius 1 is 1.14 bits per heavy atom. The highest BCUT2D eigenvalue weighted by Crippen LogP contribution is 2.33. The molecule has 3 nitrogen and oxygen atoms in total. The summed E-state index contributed by atoms with van der Waals surface area (Å²) in [4.78, 5) is 12.1. The lowest BCUT2D eigenvalue weighted by molar-refractivity contribution is -0.137. The summed E-state index contributed by atoms with van der Waals surface area (Å²) in [5.41, 5.74) is 1.01. The number of aryl methyl sites for hydroxylation is 1. The second-order valence-electron chi connectivity index (χ2n) is 5.14. The molecule has 0 amide bonds. The van der Waals surface area contributed by atoms with Crippen molar-refractivity contribution in [3.63, 3.8) is 0 Å². The van der Waals surface area contributed by atoms with E-state index in [2.05, 4.69) is 10.2 Å². The van der Waals surface area contributed by atoms with Crippen molar-refractivity contribution in [1.82, 2.24) is 10.2 Å². The number of benzene rings is 1. The first-order chi connectivity index (χ1) is 9.97. The lowest BCUT2D eigenvalue weighted by atomic mass is 9.90. The molecule has 1 aromatic carbocycles. The van der Waals surface area contributed by atoms with E-state index in [1.54, 1.807) is 0 Å². The van der Waals surface area contributed by atoms with Crippen molar-refractivity contribution in [2.24, 2.45) is 0 Å². The molecule has 110 valence electrons. The molecule has 3 rings (SSSR count). The van der Waals surface area contributed by atoms with Crippen molar-refractivity contribution in [2.45, 2.75) is 31.9 Å². The zero-order chi connectivity index (χ0) is 15.0. The van der Waals surface area contributed by atoms with Gasteiger partial charge in [-0.25, -0.2) is 5.10 Å². The van der Waals surface area contributed by atoms with Gasteiger partial charge in [0.25, 0.3) is 5.56 Å². The van der Waals surface area contributed by atoms with E-state index in [1.165, 1.54) is 12.1 Å². The Labute approximate surface area is 118 Å². The molecule has 1 aliphatic carbocycles. The number of H-pyrrole nitrogens is 1.